The molecule has 0 aliphatic rings. The van der Waals surface area contributed by atoms with Crippen molar-refractivity contribution in [2.45, 2.75) is 0 Å². The van der Waals surface area contributed by atoms with Crippen LogP contribution in [0, 0.1) is 11.3 Å². The van der Waals surface area contributed by atoms with Gasteiger partial charge in [0.2, 0.25) is 5.28 Å². The summed E-state index contributed by atoms with van der Waals surface area (Å²) in [5.41, 5.74) is 3.18. The second kappa shape index (κ2) is 4.38. The number of aryl methyl sites for hydroxylation is 1. The number of rotatable bonds is 1. The Morgan fingerprint density at radius 2 is 2.16 bits per heavy atom. The van der Waals surface area contributed by atoms with Crippen molar-refractivity contribution in [3.05, 3.63) is 47.5 Å². The fourth-order valence-electron chi connectivity index (χ4n) is 2.11. The van der Waals surface area contributed by atoms with E-state index in [1.165, 1.54) is 0 Å². The zero-order valence-corrected chi connectivity index (χ0v) is 10.9. The van der Waals surface area contributed by atoms with Crippen LogP contribution in [0.4, 0.5) is 0 Å². The average Bonchev–Trinajstić information content (AvgIpc) is 2.80. The Hall–Kier alpha value is -2.38. The number of nitriles is 1. The maximum atomic E-state index is 9.25. The summed E-state index contributed by atoms with van der Waals surface area (Å²) in [6.45, 7) is 0. The largest absolute Gasteiger partial charge is 0.350 e. The van der Waals surface area contributed by atoms with Gasteiger partial charge < -0.3 is 4.57 Å². The van der Waals surface area contributed by atoms with Gasteiger partial charge in [0.05, 0.1) is 17.3 Å². The van der Waals surface area contributed by atoms with Gasteiger partial charge in [0.15, 0.2) is 0 Å². The molecule has 0 saturated heterocycles. The first-order valence-electron chi connectivity index (χ1n) is 5.67. The molecule has 1 aromatic carbocycles. The molecule has 0 aliphatic carbocycles. The minimum Gasteiger partial charge on any atom is -0.350 e. The van der Waals surface area contributed by atoms with E-state index in [4.69, 9.17) is 11.6 Å². The molecular formula is C14H9ClN4. The van der Waals surface area contributed by atoms with Gasteiger partial charge in [-0.3, -0.25) is 0 Å². The van der Waals surface area contributed by atoms with Gasteiger partial charge >= 0.3 is 0 Å². The van der Waals surface area contributed by atoms with Crippen molar-refractivity contribution in [2.75, 3.05) is 0 Å². The van der Waals surface area contributed by atoms with E-state index in [0.29, 0.717) is 11.3 Å². The van der Waals surface area contributed by atoms with Crippen LogP contribution in [-0.2, 0) is 7.05 Å². The van der Waals surface area contributed by atoms with Crippen LogP contribution >= 0.6 is 11.6 Å². The summed E-state index contributed by atoms with van der Waals surface area (Å²) >= 11 is 5.80. The first-order chi connectivity index (χ1) is 9.19. The predicted molar refractivity (Wildman–Crippen MR) is 73.7 cm³/mol. The lowest BCUT2D eigenvalue weighted by Crippen LogP contribution is -1.90. The Kier molecular flexibility index (Phi) is 2.69. The highest BCUT2D eigenvalue weighted by Crippen LogP contribution is 2.27. The van der Waals surface area contributed by atoms with Crippen molar-refractivity contribution in [1.29, 1.82) is 5.26 Å². The molecule has 0 spiro atoms. The quantitative estimate of drug-likeness (QED) is 0.637. The zero-order chi connectivity index (χ0) is 13.4. The molecule has 0 aliphatic heterocycles. The summed E-state index contributed by atoms with van der Waals surface area (Å²) in [7, 11) is 1.94. The smallest absolute Gasteiger partial charge is 0.222 e. The molecule has 0 unspecified atom stereocenters. The molecule has 3 rings (SSSR count). The van der Waals surface area contributed by atoms with Crippen LogP contribution < -0.4 is 0 Å². The second-order valence-corrected chi connectivity index (χ2v) is 4.54. The minimum absolute atomic E-state index is 0.197. The molecule has 2 heterocycles. The van der Waals surface area contributed by atoms with Crippen LogP contribution in [0.1, 0.15) is 5.56 Å². The van der Waals surface area contributed by atoms with E-state index in [2.05, 4.69) is 16.0 Å². The van der Waals surface area contributed by atoms with Gasteiger partial charge in [-0.1, -0.05) is 0 Å². The van der Waals surface area contributed by atoms with Crippen molar-refractivity contribution in [2.24, 2.45) is 7.05 Å². The molecule has 92 valence electrons. The fourth-order valence-corrected chi connectivity index (χ4v) is 2.26. The highest BCUT2D eigenvalue weighted by Gasteiger charge is 2.09. The predicted octanol–water partition coefficient (Wildman–Crippen LogP) is 3.16. The van der Waals surface area contributed by atoms with E-state index in [1.54, 1.807) is 12.3 Å². The summed E-state index contributed by atoms with van der Waals surface area (Å²) in [5, 5.41) is 10.4. The van der Waals surface area contributed by atoms with Crippen LogP contribution in [0.25, 0.3) is 22.2 Å². The molecule has 19 heavy (non-hydrogen) atoms. The van der Waals surface area contributed by atoms with Gasteiger partial charge in [0, 0.05) is 35.9 Å². The summed E-state index contributed by atoms with van der Waals surface area (Å²) in [4.78, 5) is 8.04. The highest BCUT2D eigenvalue weighted by molar-refractivity contribution is 6.28. The Labute approximate surface area is 114 Å². The molecule has 5 heteroatoms. The van der Waals surface area contributed by atoms with Crippen LogP contribution in [0.3, 0.4) is 0 Å². The van der Waals surface area contributed by atoms with E-state index in [0.717, 1.165) is 16.5 Å². The Bertz CT molecular complexity index is 814. The van der Waals surface area contributed by atoms with E-state index in [1.807, 2.05) is 36.0 Å². The molecule has 0 radical (unpaired) electrons. The topological polar surface area (TPSA) is 54.5 Å². The maximum absolute atomic E-state index is 9.25. The molecule has 0 saturated carbocycles. The number of halogens is 1. The number of aromatic nitrogens is 3. The molecular weight excluding hydrogens is 260 g/mol. The standard InChI is InChI=1S/C14H9ClN4/c1-19-5-3-11-10(8-16)6-9(7-13(11)19)12-2-4-17-14(15)18-12/h2-7H,1H3. The van der Waals surface area contributed by atoms with Crippen LogP contribution in [-0.4, -0.2) is 14.5 Å². The van der Waals surface area contributed by atoms with Crippen molar-refractivity contribution in [3.8, 4) is 17.3 Å². The van der Waals surface area contributed by atoms with Crippen molar-refractivity contribution in [1.82, 2.24) is 14.5 Å². The van der Waals surface area contributed by atoms with Crippen molar-refractivity contribution < 1.29 is 0 Å². The van der Waals surface area contributed by atoms with Gasteiger partial charge in [-0.05, 0) is 35.9 Å². The third kappa shape index (κ3) is 1.94. The van der Waals surface area contributed by atoms with Crippen LogP contribution in [0.2, 0.25) is 5.28 Å². The first-order valence-corrected chi connectivity index (χ1v) is 6.05. The molecule has 0 bridgehead atoms. The second-order valence-electron chi connectivity index (χ2n) is 4.21. The van der Waals surface area contributed by atoms with Gasteiger partial charge in [-0.15, -0.1) is 0 Å². The number of benzene rings is 1. The molecule has 0 fully saturated rings. The van der Waals surface area contributed by atoms with Crippen LogP contribution in [0.15, 0.2) is 36.7 Å². The molecule has 2 aromatic heterocycles. The Balaban J connectivity index is 2.31. The summed E-state index contributed by atoms with van der Waals surface area (Å²) < 4.78 is 1.97. The normalized spacial score (nSPS) is 10.6. The van der Waals surface area contributed by atoms with E-state index in [9.17, 15) is 5.26 Å². The summed E-state index contributed by atoms with van der Waals surface area (Å²) in [6.07, 6.45) is 3.54. The van der Waals surface area contributed by atoms with Gasteiger partial charge in [0.1, 0.15) is 0 Å². The van der Waals surface area contributed by atoms with E-state index < -0.39 is 0 Å². The highest BCUT2D eigenvalue weighted by atomic mass is 35.5. The fraction of sp³-hybridized carbons (Fsp3) is 0.0714. The number of hydrogen-bond donors (Lipinski definition) is 0. The Morgan fingerprint density at radius 1 is 1.32 bits per heavy atom. The van der Waals surface area contributed by atoms with Crippen molar-refractivity contribution >= 4 is 22.5 Å². The molecule has 0 atom stereocenters. The molecule has 3 aromatic rings. The monoisotopic (exact) mass is 268 g/mol. The third-order valence-electron chi connectivity index (χ3n) is 3.05. The number of hydrogen-bond acceptors (Lipinski definition) is 3. The first kappa shape index (κ1) is 11.7. The van der Waals surface area contributed by atoms with Crippen LogP contribution in [0.5, 0.6) is 0 Å². The van der Waals surface area contributed by atoms with Gasteiger partial charge in [0.25, 0.3) is 0 Å². The lowest BCUT2D eigenvalue weighted by Gasteiger charge is -2.04. The summed E-state index contributed by atoms with van der Waals surface area (Å²) in [6, 6.07) is 9.74. The van der Waals surface area contributed by atoms with Crippen molar-refractivity contribution in [3.63, 3.8) is 0 Å². The third-order valence-corrected chi connectivity index (χ3v) is 3.23. The SMILES string of the molecule is Cn1ccc2c(C#N)cc(-c3ccnc(Cl)n3)cc21. The molecule has 0 N–H and O–H groups in total. The lowest BCUT2D eigenvalue weighted by atomic mass is 10.0. The minimum atomic E-state index is 0.197. The molecule has 0 amide bonds. The maximum Gasteiger partial charge on any atom is 0.222 e. The Morgan fingerprint density at radius 3 is 2.89 bits per heavy atom. The number of fused-ring (bicyclic) bond motifs is 1. The molecule has 4 nitrogen and oxygen atoms in total. The van der Waals surface area contributed by atoms with E-state index >= 15 is 0 Å². The zero-order valence-electron chi connectivity index (χ0n) is 10.1. The van der Waals surface area contributed by atoms with Gasteiger partial charge in [-0.2, -0.15) is 5.26 Å². The van der Waals surface area contributed by atoms with Gasteiger partial charge in [-0.25, -0.2) is 9.97 Å². The summed E-state index contributed by atoms with van der Waals surface area (Å²) in [5.74, 6) is 0. The lowest BCUT2D eigenvalue weighted by molar-refractivity contribution is 0.969. The number of nitrogens with zero attached hydrogens (tertiary/aromatic N) is 4. The average molecular weight is 269 g/mol. The van der Waals surface area contributed by atoms with E-state index in [-0.39, 0.29) is 5.28 Å².